The Balaban J connectivity index is 1.69. The molecule has 5 nitrogen and oxygen atoms in total. The minimum atomic E-state index is -4.50. The van der Waals surface area contributed by atoms with Crippen molar-refractivity contribution in [2.75, 3.05) is 22.3 Å². The van der Waals surface area contributed by atoms with Gasteiger partial charge in [-0.2, -0.15) is 13.2 Å². The Morgan fingerprint density at radius 3 is 2.63 bits per heavy atom. The lowest BCUT2D eigenvalue weighted by Gasteiger charge is -2.40. The van der Waals surface area contributed by atoms with E-state index >= 15 is 0 Å². The average molecular weight is 433 g/mol. The molecule has 1 fully saturated rings. The van der Waals surface area contributed by atoms with E-state index < -0.39 is 21.8 Å². The van der Waals surface area contributed by atoms with E-state index in [0.717, 1.165) is 25.0 Å². The van der Waals surface area contributed by atoms with E-state index in [1.165, 1.54) is 22.6 Å². The first-order valence-corrected chi connectivity index (χ1v) is 11.1. The van der Waals surface area contributed by atoms with Crippen LogP contribution in [0, 0.1) is 0 Å². The first-order valence-electron chi connectivity index (χ1n) is 9.61. The molecule has 5 rings (SSSR count). The lowest BCUT2D eigenvalue weighted by atomic mass is 10.1. The molecule has 0 saturated carbocycles. The van der Waals surface area contributed by atoms with Crippen LogP contribution >= 0.6 is 0 Å². The molecule has 156 valence electrons. The van der Waals surface area contributed by atoms with E-state index in [2.05, 4.69) is 4.98 Å². The van der Waals surface area contributed by atoms with E-state index in [9.17, 15) is 21.6 Å². The maximum atomic E-state index is 13.7. The Kier molecular flexibility index (Phi) is 4.22. The molecule has 0 amide bonds. The van der Waals surface area contributed by atoms with E-state index in [4.69, 9.17) is 0 Å². The molecule has 1 aromatic heterocycles. The summed E-state index contributed by atoms with van der Waals surface area (Å²) in [5.74, 6) is 0. The summed E-state index contributed by atoms with van der Waals surface area (Å²) in [5, 5.41) is 0.686. The number of halogens is 3. The molecule has 1 atom stereocenters. The molecule has 1 saturated heterocycles. The van der Waals surface area contributed by atoms with Gasteiger partial charge in [-0.15, -0.1) is 0 Å². The van der Waals surface area contributed by atoms with Gasteiger partial charge in [0.15, 0.2) is 0 Å². The van der Waals surface area contributed by atoms with Crippen molar-refractivity contribution in [2.24, 2.45) is 0 Å². The third-order valence-electron chi connectivity index (χ3n) is 5.80. The first kappa shape index (κ1) is 19.2. The Bertz CT molecular complexity index is 1240. The second-order valence-corrected chi connectivity index (χ2v) is 9.39. The standard InChI is InChI=1S/C21H18F3N3O2S/c22-21(23,24)15-8-9-17-18(12-15)26-11-3-6-16(26)13-27(17)30(28,29)19-7-1-4-14-5-2-10-25-20(14)19/h1-2,4-5,7-10,12,16H,3,6,11,13H2. The zero-order chi connectivity index (χ0) is 21.1. The highest BCUT2D eigenvalue weighted by atomic mass is 32.2. The molecule has 0 spiro atoms. The Labute approximate surface area is 171 Å². The monoisotopic (exact) mass is 433 g/mol. The summed E-state index contributed by atoms with van der Waals surface area (Å²) in [4.78, 5) is 6.20. The van der Waals surface area contributed by atoms with Gasteiger partial charge < -0.3 is 4.90 Å². The maximum Gasteiger partial charge on any atom is 0.416 e. The van der Waals surface area contributed by atoms with Crippen molar-refractivity contribution in [1.29, 1.82) is 0 Å². The number of fused-ring (bicyclic) bond motifs is 4. The number of para-hydroxylation sites is 1. The molecule has 9 heteroatoms. The Morgan fingerprint density at radius 1 is 1.03 bits per heavy atom. The predicted molar refractivity (Wildman–Crippen MR) is 108 cm³/mol. The van der Waals surface area contributed by atoms with Crippen molar-refractivity contribution < 1.29 is 21.6 Å². The molecule has 0 aliphatic carbocycles. The lowest BCUT2D eigenvalue weighted by Crippen LogP contribution is -2.48. The number of hydrogen-bond donors (Lipinski definition) is 0. The number of aromatic nitrogens is 1. The van der Waals surface area contributed by atoms with Crippen LogP contribution < -0.4 is 9.21 Å². The van der Waals surface area contributed by atoms with Crippen molar-refractivity contribution >= 4 is 32.3 Å². The topological polar surface area (TPSA) is 53.5 Å². The number of anilines is 2. The molecule has 3 aromatic rings. The summed E-state index contributed by atoms with van der Waals surface area (Å²) in [6.45, 7) is 0.812. The quantitative estimate of drug-likeness (QED) is 0.600. The first-order chi connectivity index (χ1) is 14.3. The Hall–Kier alpha value is -2.81. The van der Waals surface area contributed by atoms with Gasteiger partial charge in [0.2, 0.25) is 0 Å². The molecular weight excluding hydrogens is 415 g/mol. The van der Waals surface area contributed by atoms with Gasteiger partial charge in [-0.05, 0) is 43.2 Å². The molecule has 3 heterocycles. The van der Waals surface area contributed by atoms with Crippen LogP contribution in [0.25, 0.3) is 10.9 Å². The van der Waals surface area contributed by atoms with Gasteiger partial charge in [0, 0.05) is 24.2 Å². The van der Waals surface area contributed by atoms with Gasteiger partial charge in [0.25, 0.3) is 10.0 Å². The molecule has 30 heavy (non-hydrogen) atoms. The summed E-state index contributed by atoms with van der Waals surface area (Å²) >= 11 is 0. The minimum absolute atomic E-state index is 0.0536. The second kappa shape index (κ2) is 6.60. The molecule has 0 radical (unpaired) electrons. The van der Waals surface area contributed by atoms with Crippen molar-refractivity contribution in [2.45, 2.75) is 30.0 Å². The number of benzene rings is 2. The van der Waals surface area contributed by atoms with Gasteiger partial charge in [0.05, 0.1) is 29.0 Å². The normalized spacial score (nSPS) is 19.1. The average Bonchev–Trinajstić information content (AvgIpc) is 3.20. The fourth-order valence-corrected chi connectivity index (χ4v) is 6.09. The summed E-state index contributed by atoms with van der Waals surface area (Å²) < 4.78 is 68.5. The van der Waals surface area contributed by atoms with Gasteiger partial charge in [0.1, 0.15) is 4.90 Å². The van der Waals surface area contributed by atoms with Crippen LogP contribution in [0.4, 0.5) is 24.5 Å². The van der Waals surface area contributed by atoms with Crippen LogP contribution in [0.3, 0.4) is 0 Å². The van der Waals surface area contributed by atoms with Crippen LogP contribution in [0.15, 0.2) is 59.6 Å². The number of hydrogen-bond acceptors (Lipinski definition) is 4. The number of sulfonamides is 1. The van der Waals surface area contributed by atoms with Crippen molar-refractivity contribution in [3.63, 3.8) is 0 Å². The van der Waals surface area contributed by atoms with Crippen LogP contribution in [0.1, 0.15) is 18.4 Å². The summed E-state index contributed by atoms with van der Waals surface area (Å²) in [7, 11) is -4.03. The van der Waals surface area contributed by atoms with Crippen LogP contribution in [-0.2, 0) is 16.2 Å². The largest absolute Gasteiger partial charge is 0.416 e. The third kappa shape index (κ3) is 2.91. The fourth-order valence-electron chi connectivity index (χ4n) is 4.40. The number of nitrogens with zero attached hydrogens (tertiary/aromatic N) is 3. The lowest BCUT2D eigenvalue weighted by molar-refractivity contribution is -0.137. The summed E-state index contributed by atoms with van der Waals surface area (Å²) in [6.07, 6.45) is -1.43. The van der Waals surface area contributed by atoms with Gasteiger partial charge >= 0.3 is 6.18 Å². The third-order valence-corrected chi connectivity index (χ3v) is 7.61. The molecular formula is C21H18F3N3O2S. The van der Waals surface area contributed by atoms with Gasteiger partial charge in [-0.25, -0.2) is 8.42 Å². The van der Waals surface area contributed by atoms with E-state index in [-0.39, 0.29) is 23.2 Å². The fraction of sp³-hybridized carbons (Fsp3) is 0.286. The highest BCUT2D eigenvalue weighted by Gasteiger charge is 2.41. The van der Waals surface area contributed by atoms with Crippen molar-refractivity contribution in [1.82, 2.24) is 4.98 Å². The Morgan fingerprint density at radius 2 is 1.83 bits per heavy atom. The smallest absolute Gasteiger partial charge is 0.365 e. The van der Waals surface area contributed by atoms with E-state index in [1.54, 1.807) is 24.3 Å². The van der Waals surface area contributed by atoms with Crippen LogP contribution in [0.5, 0.6) is 0 Å². The van der Waals surface area contributed by atoms with Crippen molar-refractivity contribution in [3.05, 3.63) is 60.3 Å². The SMILES string of the molecule is O=S(=O)(c1cccc2cccnc12)N1CC2CCCN2c2cc(C(F)(F)F)ccc21. The second-order valence-electron chi connectivity index (χ2n) is 7.56. The van der Waals surface area contributed by atoms with Crippen molar-refractivity contribution in [3.8, 4) is 0 Å². The molecule has 2 aliphatic heterocycles. The zero-order valence-corrected chi connectivity index (χ0v) is 16.6. The van der Waals surface area contributed by atoms with Gasteiger partial charge in [-0.3, -0.25) is 9.29 Å². The molecule has 0 bridgehead atoms. The van der Waals surface area contributed by atoms with E-state index in [1.807, 2.05) is 4.90 Å². The number of rotatable bonds is 2. The maximum absolute atomic E-state index is 13.7. The number of alkyl halides is 3. The van der Waals surface area contributed by atoms with Gasteiger partial charge in [-0.1, -0.05) is 18.2 Å². The predicted octanol–water partition coefficient (Wildman–Crippen LogP) is 4.43. The number of pyridine rings is 1. The highest BCUT2D eigenvalue weighted by molar-refractivity contribution is 7.93. The summed E-state index contributed by atoms with van der Waals surface area (Å²) in [5.41, 5.74) is 0.157. The summed E-state index contributed by atoms with van der Waals surface area (Å²) in [6, 6.07) is 11.5. The molecule has 2 aromatic carbocycles. The zero-order valence-electron chi connectivity index (χ0n) is 15.8. The molecule has 0 N–H and O–H groups in total. The van der Waals surface area contributed by atoms with E-state index in [0.29, 0.717) is 23.1 Å². The molecule has 2 aliphatic rings. The molecule has 1 unspecified atom stereocenters. The minimum Gasteiger partial charge on any atom is -0.365 e. The van der Waals surface area contributed by atoms with Crippen LogP contribution in [-0.4, -0.2) is 32.5 Å². The highest BCUT2D eigenvalue weighted by Crippen LogP contribution is 2.45. The van der Waals surface area contributed by atoms with Crippen LogP contribution in [0.2, 0.25) is 0 Å².